The fourth-order valence-corrected chi connectivity index (χ4v) is 3.49. The SMILES string of the molecule is CCC(N)(I)Oc1ccc(-c2nn(C3CC(=O)C3)c3ncnc(N)c23)cc1C. The van der Waals surface area contributed by atoms with Crippen molar-refractivity contribution >= 4 is 45.2 Å². The monoisotopic (exact) mass is 492 g/mol. The van der Waals surface area contributed by atoms with Crippen LogP contribution in [0.5, 0.6) is 5.75 Å². The molecule has 2 heterocycles. The Morgan fingerprint density at radius 1 is 1.36 bits per heavy atom. The van der Waals surface area contributed by atoms with Crippen molar-refractivity contribution in [3.8, 4) is 17.0 Å². The number of fused-ring (bicyclic) bond motifs is 1. The zero-order chi connectivity index (χ0) is 20.1. The molecule has 0 spiro atoms. The summed E-state index contributed by atoms with van der Waals surface area (Å²) in [6, 6.07) is 5.82. The molecule has 9 heteroatoms. The second-order valence-electron chi connectivity index (χ2n) is 7.07. The molecule has 3 aromatic rings. The van der Waals surface area contributed by atoms with E-state index in [9.17, 15) is 4.79 Å². The number of Topliss-reactive ketones (excluding diaryl/α,β-unsaturated/α-hetero) is 1. The van der Waals surface area contributed by atoms with Crippen LogP contribution in [0.15, 0.2) is 24.5 Å². The van der Waals surface area contributed by atoms with Gasteiger partial charge in [-0.1, -0.05) is 6.92 Å². The van der Waals surface area contributed by atoms with Gasteiger partial charge in [-0.2, -0.15) is 5.10 Å². The van der Waals surface area contributed by atoms with Crippen LogP contribution in [-0.2, 0) is 4.79 Å². The molecule has 0 aliphatic heterocycles. The maximum atomic E-state index is 11.5. The van der Waals surface area contributed by atoms with Gasteiger partial charge >= 0.3 is 0 Å². The van der Waals surface area contributed by atoms with Crippen LogP contribution >= 0.6 is 22.6 Å². The van der Waals surface area contributed by atoms with E-state index in [1.165, 1.54) is 6.33 Å². The number of carbonyl (C=O) groups excluding carboxylic acids is 1. The molecule has 1 saturated carbocycles. The Bertz CT molecular complexity index is 1070. The molecule has 1 aliphatic carbocycles. The molecular weight excluding hydrogens is 471 g/mol. The van der Waals surface area contributed by atoms with Crippen molar-refractivity contribution in [2.75, 3.05) is 5.73 Å². The number of alkyl halides is 1. The maximum Gasteiger partial charge on any atom is 0.209 e. The van der Waals surface area contributed by atoms with E-state index in [0.29, 0.717) is 41.8 Å². The summed E-state index contributed by atoms with van der Waals surface area (Å²) in [5, 5.41) is 5.45. The Balaban J connectivity index is 1.79. The van der Waals surface area contributed by atoms with Crippen molar-refractivity contribution in [1.82, 2.24) is 19.7 Å². The molecule has 1 unspecified atom stereocenters. The van der Waals surface area contributed by atoms with Crippen LogP contribution in [0, 0.1) is 6.92 Å². The third-order valence-electron chi connectivity index (χ3n) is 5.00. The van der Waals surface area contributed by atoms with E-state index < -0.39 is 3.73 Å². The van der Waals surface area contributed by atoms with E-state index in [4.69, 9.17) is 21.3 Å². The number of hydrogen-bond donors (Lipinski definition) is 2. The van der Waals surface area contributed by atoms with Crippen LogP contribution in [0.1, 0.15) is 37.8 Å². The largest absolute Gasteiger partial charge is 0.464 e. The number of nitrogen functional groups attached to an aromatic ring is 1. The minimum atomic E-state index is -0.757. The number of nitrogens with zero attached hydrogens (tertiary/aromatic N) is 4. The first-order valence-corrected chi connectivity index (χ1v) is 10.1. The van der Waals surface area contributed by atoms with Crippen molar-refractivity contribution < 1.29 is 9.53 Å². The molecule has 1 aromatic carbocycles. The summed E-state index contributed by atoms with van der Waals surface area (Å²) in [5.74, 6) is 1.32. The molecule has 8 nitrogen and oxygen atoms in total. The molecule has 0 bridgehead atoms. The molecule has 1 aliphatic rings. The lowest BCUT2D eigenvalue weighted by atomic mass is 9.91. The molecule has 4 N–H and O–H groups in total. The van der Waals surface area contributed by atoms with E-state index in [2.05, 4.69) is 32.6 Å². The van der Waals surface area contributed by atoms with Gasteiger partial charge in [0, 0.05) is 24.8 Å². The van der Waals surface area contributed by atoms with Crippen molar-refractivity contribution in [1.29, 1.82) is 0 Å². The smallest absolute Gasteiger partial charge is 0.209 e. The van der Waals surface area contributed by atoms with Crippen LogP contribution in [0.3, 0.4) is 0 Å². The van der Waals surface area contributed by atoms with Gasteiger partial charge in [-0.15, -0.1) is 0 Å². The Morgan fingerprint density at radius 3 is 2.75 bits per heavy atom. The van der Waals surface area contributed by atoms with Gasteiger partial charge in [-0.05, 0) is 53.3 Å². The van der Waals surface area contributed by atoms with Gasteiger partial charge in [-0.3, -0.25) is 10.5 Å². The number of aryl methyl sites for hydroxylation is 1. The van der Waals surface area contributed by atoms with Crippen molar-refractivity contribution in [3.05, 3.63) is 30.1 Å². The average Bonchev–Trinajstić information content (AvgIpc) is 3.01. The number of aromatic nitrogens is 4. The predicted octanol–water partition coefficient (Wildman–Crippen LogP) is 3.12. The number of carbonyl (C=O) groups is 1. The average molecular weight is 492 g/mol. The highest BCUT2D eigenvalue weighted by molar-refractivity contribution is 14.1. The highest BCUT2D eigenvalue weighted by atomic mass is 127. The van der Waals surface area contributed by atoms with Gasteiger partial charge in [0.15, 0.2) is 5.65 Å². The molecule has 4 rings (SSSR count). The lowest BCUT2D eigenvalue weighted by molar-refractivity contribution is -0.126. The summed E-state index contributed by atoms with van der Waals surface area (Å²) >= 11 is 2.10. The highest BCUT2D eigenvalue weighted by Crippen LogP contribution is 2.37. The predicted molar refractivity (Wildman–Crippen MR) is 115 cm³/mol. The van der Waals surface area contributed by atoms with Gasteiger partial charge in [0.1, 0.15) is 29.4 Å². The van der Waals surface area contributed by atoms with Crippen LogP contribution in [0.25, 0.3) is 22.3 Å². The van der Waals surface area contributed by atoms with Crippen molar-refractivity contribution in [2.24, 2.45) is 5.73 Å². The van der Waals surface area contributed by atoms with Gasteiger partial charge in [0.05, 0.1) is 11.4 Å². The molecular formula is C19H21IN6O2. The lowest BCUT2D eigenvalue weighted by Crippen LogP contribution is -2.38. The summed E-state index contributed by atoms with van der Waals surface area (Å²) in [6.45, 7) is 3.94. The zero-order valence-corrected chi connectivity index (χ0v) is 17.8. The van der Waals surface area contributed by atoms with Gasteiger partial charge < -0.3 is 10.5 Å². The van der Waals surface area contributed by atoms with E-state index >= 15 is 0 Å². The van der Waals surface area contributed by atoms with Crippen LogP contribution in [0.2, 0.25) is 0 Å². The number of rotatable bonds is 5. The third kappa shape index (κ3) is 3.32. The molecule has 146 valence electrons. The van der Waals surface area contributed by atoms with Crippen molar-refractivity contribution in [3.63, 3.8) is 0 Å². The summed E-state index contributed by atoms with van der Waals surface area (Å²) in [7, 11) is 0. The van der Waals surface area contributed by atoms with Crippen LogP contribution in [-0.4, -0.2) is 29.3 Å². The molecule has 0 radical (unpaired) electrons. The second-order valence-corrected chi connectivity index (χ2v) is 8.90. The van der Waals surface area contributed by atoms with E-state index in [1.807, 2.05) is 32.0 Å². The summed E-state index contributed by atoms with van der Waals surface area (Å²) in [6.07, 6.45) is 3.04. The van der Waals surface area contributed by atoms with E-state index in [-0.39, 0.29) is 11.8 Å². The Labute approximate surface area is 175 Å². The zero-order valence-electron chi connectivity index (χ0n) is 15.6. The van der Waals surface area contributed by atoms with Gasteiger partial charge in [0.2, 0.25) is 3.73 Å². The molecule has 1 atom stereocenters. The van der Waals surface area contributed by atoms with Crippen LogP contribution < -0.4 is 16.2 Å². The number of halogens is 1. The molecule has 0 amide bonds. The fourth-order valence-electron chi connectivity index (χ4n) is 3.26. The minimum Gasteiger partial charge on any atom is -0.464 e. The lowest BCUT2D eigenvalue weighted by Gasteiger charge is -2.24. The minimum absolute atomic E-state index is 0.0168. The maximum absolute atomic E-state index is 11.5. The standard InChI is InChI=1S/C19H21IN6O2/c1-3-19(20,22)28-14-5-4-11(6-10(14)2)16-15-17(21)23-9-24-18(15)26(25-16)12-7-13(27)8-12/h4-6,9,12H,3,7-8,22H2,1-2H3,(H2,21,23,24). The normalized spacial score (nSPS) is 16.8. The first-order chi connectivity index (χ1) is 13.3. The van der Waals surface area contributed by atoms with Crippen LogP contribution in [0.4, 0.5) is 5.82 Å². The van der Waals surface area contributed by atoms with E-state index in [0.717, 1.165) is 16.9 Å². The fraction of sp³-hybridized carbons (Fsp3) is 0.368. The Hall–Kier alpha value is -2.27. The summed E-state index contributed by atoms with van der Waals surface area (Å²) in [4.78, 5) is 20.0. The first kappa shape index (κ1) is 19.1. The summed E-state index contributed by atoms with van der Waals surface area (Å²) < 4.78 is 6.96. The topological polar surface area (TPSA) is 122 Å². The number of ether oxygens (including phenoxy) is 1. The number of benzene rings is 1. The quantitative estimate of drug-likeness (QED) is 0.243. The summed E-state index contributed by atoms with van der Waals surface area (Å²) in [5.41, 5.74) is 15.4. The number of nitrogens with two attached hydrogens (primary N) is 2. The molecule has 1 fully saturated rings. The Morgan fingerprint density at radius 2 is 2.11 bits per heavy atom. The Kier molecular flexibility index (Phi) is 4.74. The highest BCUT2D eigenvalue weighted by Gasteiger charge is 2.32. The number of anilines is 1. The molecule has 2 aromatic heterocycles. The number of hydrogen-bond acceptors (Lipinski definition) is 7. The first-order valence-electron chi connectivity index (χ1n) is 9.07. The van der Waals surface area contributed by atoms with E-state index in [1.54, 1.807) is 4.68 Å². The molecule has 28 heavy (non-hydrogen) atoms. The van der Waals surface area contributed by atoms with Gasteiger partial charge in [0.25, 0.3) is 0 Å². The number of ketones is 1. The molecule has 0 saturated heterocycles. The second kappa shape index (κ2) is 6.96. The van der Waals surface area contributed by atoms with Crippen molar-refractivity contribution in [2.45, 2.75) is 42.9 Å². The third-order valence-corrected chi connectivity index (χ3v) is 5.98. The van der Waals surface area contributed by atoms with Gasteiger partial charge in [-0.25, -0.2) is 14.6 Å².